The van der Waals surface area contributed by atoms with E-state index in [1.165, 1.54) is 0 Å². The number of rotatable bonds is 5. The van der Waals surface area contributed by atoms with Crippen LogP contribution >= 0.6 is 12.4 Å². The Morgan fingerprint density at radius 2 is 2.17 bits per heavy atom. The van der Waals surface area contributed by atoms with Crippen molar-refractivity contribution < 1.29 is 9.59 Å². The highest BCUT2D eigenvalue weighted by molar-refractivity contribution is 5.86. The highest BCUT2D eigenvalue weighted by Gasteiger charge is 2.26. The molecule has 1 heterocycles. The normalized spacial score (nSPS) is 18.7. The zero-order valence-electron chi connectivity index (χ0n) is 11.2. The minimum Gasteiger partial charge on any atom is -0.358 e. The van der Waals surface area contributed by atoms with Gasteiger partial charge in [-0.15, -0.1) is 12.4 Å². The van der Waals surface area contributed by atoms with E-state index in [4.69, 9.17) is 0 Å². The number of nitrogens with one attached hydrogen (secondary N) is 2. The van der Waals surface area contributed by atoms with Crippen molar-refractivity contribution in [1.82, 2.24) is 15.5 Å². The molecule has 1 aliphatic rings. The molecular weight excluding hydrogens is 254 g/mol. The number of carbonyl (C=O) groups is 2. The summed E-state index contributed by atoms with van der Waals surface area (Å²) in [5.74, 6) is 0.0539. The maximum absolute atomic E-state index is 12.2. The molecule has 0 saturated carbocycles. The van der Waals surface area contributed by atoms with E-state index >= 15 is 0 Å². The number of halogens is 1. The number of piperidine rings is 1. The Morgan fingerprint density at radius 1 is 1.44 bits per heavy atom. The van der Waals surface area contributed by atoms with Crippen molar-refractivity contribution in [3.05, 3.63) is 0 Å². The van der Waals surface area contributed by atoms with E-state index in [0.717, 1.165) is 32.4 Å². The minimum absolute atomic E-state index is 0. The molecule has 0 bridgehead atoms. The molecule has 2 amide bonds. The fourth-order valence-electron chi connectivity index (χ4n) is 2.11. The van der Waals surface area contributed by atoms with Crippen LogP contribution in [0.15, 0.2) is 0 Å². The van der Waals surface area contributed by atoms with Gasteiger partial charge in [-0.1, -0.05) is 6.92 Å². The summed E-state index contributed by atoms with van der Waals surface area (Å²) in [5, 5.41) is 5.80. The molecule has 6 heteroatoms. The standard InChI is InChI=1S/C12H23N3O2.ClH/c1-3-7-15(9-11(16)13-2)12(17)10-5-4-6-14-8-10;/h10,14H,3-9H2,1-2H3,(H,13,16);1H/t10-;/m1./s1. The third-order valence-electron chi connectivity index (χ3n) is 3.06. The molecule has 5 nitrogen and oxygen atoms in total. The molecule has 2 N–H and O–H groups in total. The van der Waals surface area contributed by atoms with Gasteiger partial charge in [0.25, 0.3) is 0 Å². The van der Waals surface area contributed by atoms with Crippen molar-refractivity contribution in [2.24, 2.45) is 5.92 Å². The van der Waals surface area contributed by atoms with E-state index in [9.17, 15) is 9.59 Å². The molecule has 0 aromatic rings. The fourth-order valence-corrected chi connectivity index (χ4v) is 2.11. The van der Waals surface area contributed by atoms with Gasteiger partial charge in [-0.2, -0.15) is 0 Å². The number of likely N-dealkylation sites (N-methyl/N-ethyl adjacent to an activating group) is 1. The average molecular weight is 278 g/mol. The van der Waals surface area contributed by atoms with Crippen LogP contribution < -0.4 is 10.6 Å². The van der Waals surface area contributed by atoms with Crippen LogP contribution in [0.3, 0.4) is 0 Å². The molecule has 18 heavy (non-hydrogen) atoms. The van der Waals surface area contributed by atoms with Gasteiger partial charge >= 0.3 is 0 Å². The Balaban J connectivity index is 0.00000289. The van der Waals surface area contributed by atoms with Gasteiger partial charge < -0.3 is 15.5 Å². The van der Waals surface area contributed by atoms with Crippen molar-refractivity contribution in [2.45, 2.75) is 26.2 Å². The van der Waals surface area contributed by atoms with E-state index in [1.54, 1.807) is 11.9 Å². The SMILES string of the molecule is CCCN(CC(=O)NC)C(=O)[C@@H]1CCCNC1.Cl. The average Bonchev–Trinajstić information content (AvgIpc) is 2.38. The number of hydrogen-bond donors (Lipinski definition) is 2. The van der Waals surface area contributed by atoms with E-state index < -0.39 is 0 Å². The molecule has 0 spiro atoms. The lowest BCUT2D eigenvalue weighted by Crippen LogP contribution is -2.46. The first-order chi connectivity index (χ1) is 8.19. The van der Waals surface area contributed by atoms with Gasteiger partial charge in [-0.3, -0.25) is 9.59 Å². The molecule has 0 radical (unpaired) electrons. The highest BCUT2D eigenvalue weighted by atomic mass is 35.5. The van der Waals surface area contributed by atoms with Crippen LogP contribution in [-0.2, 0) is 9.59 Å². The van der Waals surface area contributed by atoms with Gasteiger partial charge in [0.1, 0.15) is 0 Å². The van der Waals surface area contributed by atoms with Crippen LogP contribution in [0, 0.1) is 5.92 Å². The van der Waals surface area contributed by atoms with Crippen LogP contribution in [-0.4, -0.2) is 49.9 Å². The number of nitrogens with zero attached hydrogens (tertiary/aromatic N) is 1. The summed E-state index contributed by atoms with van der Waals surface area (Å²) in [6.07, 6.45) is 2.85. The quantitative estimate of drug-likeness (QED) is 0.764. The minimum atomic E-state index is -0.101. The lowest BCUT2D eigenvalue weighted by Gasteiger charge is -2.29. The third kappa shape index (κ3) is 5.23. The lowest BCUT2D eigenvalue weighted by atomic mass is 9.98. The van der Waals surface area contributed by atoms with Crippen molar-refractivity contribution in [1.29, 1.82) is 0 Å². The van der Waals surface area contributed by atoms with Crippen molar-refractivity contribution in [3.8, 4) is 0 Å². The number of carbonyl (C=O) groups excluding carboxylic acids is 2. The monoisotopic (exact) mass is 277 g/mol. The van der Waals surface area contributed by atoms with Crippen LogP contribution in [0.4, 0.5) is 0 Å². The zero-order chi connectivity index (χ0) is 12.7. The van der Waals surface area contributed by atoms with Gasteiger partial charge in [0.15, 0.2) is 0 Å². The first-order valence-electron chi connectivity index (χ1n) is 6.39. The Kier molecular flexibility index (Phi) is 8.75. The predicted octanol–water partition coefficient (Wildman–Crippen LogP) is 0.392. The molecular formula is C12H24ClN3O2. The third-order valence-corrected chi connectivity index (χ3v) is 3.06. The van der Waals surface area contributed by atoms with Crippen LogP contribution in [0.1, 0.15) is 26.2 Å². The smallest absolute Gasteiger partial charge is 0.239 e. The highest BCUT2D eigenvalue weighted by Crippen LogP contribution is 2.13. The predicted molar refractivity (Wildman–Crippen MR) is 73.8 cm³/mol. The van der Waals surface area contributed by atoms with E-state index in [-0.39, 0.29) is 36.7 Å². The van der Waals surface area contributed by atoms with Crippen molar-refractivity contribution in [3.63, 3.8) is 0 Å². The molecule has 1 saturated heterocycles. The summed E-state index contributed by atoms with van der Waals surface area (Å²) in [6, 6.07) is 0. The maximum Gasteiger partial charge on any atom is 0.239 e. The lowest BCUT2D eigenvalue weighted by molar-refractivity contribution is -0.139. The van der Waals surface area contributed by atoms with Crippen molar-refractivity contribution >= 4 is 24.2 Å². The largest absolute Gasteiger partial charge is 0.358 e. The number of hydrogen-bond acceptors (Lipinski definition) is 3. The van der Waals surface area contributed by atoms with Gasteiger partial charge in [0.2, 0.25) is 11.8 Å². The Labute approximate surface area is 115 Å². The van der Waals surface area contributed by atoms with E-state index in [1.807, 2.05) is 6.92 Å². The molecule has 1 atom stereocenters. The summed E-state index contributed by atoms with van der Waals surface area (Å²) in [4.78, 5) is 25.3. The summed E-state index contributed by atoms with van der Waals surface area (Å²) >= 11 is 0. The Hall–Kier alpha value is -0.810. The maximum atomic E-state index is 12.2. The molecule has 0 aromatic carbocycles. The van der Waals surface area contributed by atoms with Crippen molar-refractivity contribution in [2.75, 3.05) is 33.2 Å². The van der Waals surface area contributed by atoms with Gasteiger partial charge in [0.05, 0.1) is 12.5 Å². The molecule has 0 unspecified atom stereocenters. The fraction of sp³-hybridized carbons (Fsp3) is 0.833. The summed E-state index contributed by atoms with van der Waals surface area (Å²) in [6.45, 7) is 4.59. The summed E-state index contributed by atoms with van der Waals surface area (Å²) < 4.78 is 0. The summed E-state index contributed by atoms with van der Waals surface area (Å²) in [7, 11) is 1.60. The van der Waals surface area contributed by atoms with Gasteiger partial charge in [-0.05, 0) is 25.8 Å². The first kappa shape index (κ1) is 17.2. The van der Waals surface area contributed by atoms with Crippen LogP contribution in [0.2, 0.25) is 0 Å². The molecule has 0 aromatic heterocycles. The molecule has 1 aliphatic heterocycles. The van der Waals surface area contributed by atoms with E-state index in [2.05, 4.69) is 10.6 Å². The Bertz CT molecular complexity index is 268. The molecule has 1 fully saturated rings. The molecule has 1 rings (SSSR count). The van der Waals surface area contributed by atoms with Gasteiger partial charge in [0, 0.05) is 20.1 Å². The summed E-state index contributed by atoms with van der Waals surface area (Å²) in [5.41, 5.74) is 0. The van der Waals surface area contributed by atoms with Crippen LogP contribution in [0.5, 0.6) is 0 Å². The second kappa shape index (κ2) is 9.16. The van der Waals surface area contributed by atoms with Crippen LogP contribution in [0.25, 0.3) is 0 Å². The molecule has 0 aliphatic carbocycles. The molecule has 106 valence electrons. The Morgan fingerprint density at radius 3 is 2.67 bits per heavy atom. The zero-order valence-corrected chi connectivity index (χ0v) is 12.0. The topological polar surface area (TPSA) is 61.4 Å². The van der Waals surface area contributed by atoms with E-state index in [0.29, 0.717) is 6.54 Å². The second-order valence-electron chi connectivity index (χ2n) is 4.48. The number of amides is 2. The van der Waals surface area contributed by atoms with Gasteiger partial charge in [-0.25, -0.2) is 0 Å². The first-order valence-corrected chi connectivity index (χ1v) is 6.39. The second-order valence-corrected chi connectivity index (χ2v) is 4.48.